The van der Waals surface area contributed by atoms with E-state index in [9.17, 15) is 4.79 Å². The number of ether oxygens (including phenoxy) is 2. The number of benzene rings is 1. The number of hydrogen-bond acceptors (Lipinski definition) is 5. The molecule has 26 heavy (non-hydrogen) atoms. The van der Waals surface area contributed by atoms with Gasteiger partial charge in [0.05, 0.1) is 26.1 Å². The Hall–Kier alpha value is -3.02. The van der Waals surface area contributed by atoms with Crippen LogP contribution in [0.4, 0.5) is 11.5 Å². The summed E-state index contributed by atoms with van der Waals surface area (Å²) in [6.07, 6.45) is 7.40. The highest BCUT2D eigenvalue weighted by atomic mass is 16.5. The number of pyridine rings is 1. The number of nitrogens with one attached hydrogen (secondary N) is 1. The van der Waals surface area contributed by atoms with E-state index in [1.807, 2.05) is 24.3 Å². The van der Waals surface area contributed by atoms with Gasteiger partial charge >= 0.3 is 0 Å². The molecule has 0 aliphatic carbocycles. The molecule has 136 valence electrons. The third-order valence-electron chi connectivity index (χ3n) is 4.33. The Balaban J connectivity index is 1.62. The molecule has 6 nitrogen and oxygen atoms in total. The number of carbonyl (C=O) groups is 1. The molecule has 1 amide bonds. The molecule has 2 heterocycles. The third kappa shape index (κ3) is 4.33. The van der Waals surface area contributed by atoms with Crippen LogP contribution in [0.3, 0.4) is 0 Å². The summed E-state index contributed by atoms with van der Waals surface area (Å²) in [4.78, 5) is 18.8. The lowest BCUT2D eigenvalue weighted by Crippen LogP contribution is -2.18. The zero-order chi connectivity index (χ0) is 18.4. The van der Waals surface area contributed by atoms with Gasteiger partial charge in [0.15, 0.2) is 0 Å². The van der Waals surface area contributed by atoms with Crippen LogP contribution in [0.15, 0.2) is 42.6 Å². The fraction of sp³-hybridized carbons (Fsp3) is 0.300. The van der Waals surface area contributed by atoms with Crippen LogP contribution in [0.5, 0.6) is 11.5 Å². The number of hydrogen-bond donors (Lipinski definition) is 1. The standard InChI is InChI=1S/C20H23N3O3/c1-25-17-8-5-15(18(13-17)26-2)6-10-20(24)22-19-9-7-16(14-21-19)23-11-3-4-12-23/h5-10,13-14H,3-4,11-12H2,1-2H3,(H,21,22,24)/b10-6+. The van der Waals surface area contributed by atoms with Gasteiger partial charge in [0, 0.05) is 30.8 Å². The summed E-state index contributed by atoms with van der Waals surface area (Å²) >= 11 is 0. The van der Waals surface area contributed by atoms with Gasteiger partial charge < -0.3 is 19.7 Å². The van der Waals surface area contributed by atoms with Crippen molar-refractivity contribution in [3.8, 4) is 11.5 Å². The second-order valence-corrected chi connectivity index (χ2v) is 6.03. The van der Waals surface area contributed by atoms with Gasteiger partial charge in [-0.25, -0.2) is 4.98 Å². The SMILES string of the molecule is COc1ccc(/C=C/C(=O)Nc2ccc(N3CCCC3)cn2)c(OC)c1. The van der Waals surface area contributed by atoms with Crippen molar-refractivity contribution in [2.45, 2.75) is 12.8 Å². The average Bonchev–Trinajstić information content (AvgIpc) is 3.21. The van der Waals surface area contributed by atoms with E-state index in [0.717, 1.165) is 24.3 Å². The van der Waals surface area contributed by atoms with Crippen molar-refractivity contribution in [3.63, 3.8) is 0 Å². The van der Waals surface area contributed by atoms with E-state index in [2.05, 4.69) is 15.2 Å². The Bertz CT molecular complexity index is 781. The van der Waals surface area contributed by atoms with Crippen molar-refractivity contribution in [2.24, 2.45) is 0 Å². The van der Waals surface area contributed by atoms with E-state index >= 15 is 0 Å². The van der Waals surface area contributed by atoms with Crippen molar-refractivity contribution in [1.82, 2.24) is 4.98 Å². The normalized spacial score (nSPS) is 13.8. The van der Waals surface area contributed by atoms with Crippen LogP contribution in [0.1, 0.15) is 18.4 Å². The maximum atomic E-state index is 12.1. The van der Waals surface area contributed by atoms with Gasteiger partial charge in [0.2, 0.25) is 5.91 Å². The molecule has 1 aliphatic heterocycles. The van der Waals surface area contributed by atoms with Crippen LogP contribution < -0.4 is 19.7 Å². The Morgan fingerprint density at radius 3 is 2.62 bits per heavy atom. The first-order valence-electron chi connectivity index (χ1n) is 8.61. The molecule has 6 heteroatoms. The van der Waals surface area contributed by atoms with Crippen molar-refractivity contribution < 1.29 is 14.3 Å². The quantitative estimate of drug-likeness (QED) is 0.807. The molecular formula is C20H23N3O3. The highest BCUT2D eigenvalue weighted by molar-refractivity contribution is 6.01. The number of anilines is 2. The summed E-state index contributed by atoms with van der Waals surface area (Å²) in [6.45, 7) is 2.14. The van der Waals surface area contributed by atoms with E-state index in [-0.39, 0.29) is 5.91 Å². The Kier molecular flexibility index (Phi) is 5.73. The molecule has 0 radical (unpaired) electrons. The smallest absolute Gasteiger partial charge is 0.249 e. The predicted octanol–water partition coefficient (Wildman–Crippen LogP) is 3.35. The number of methoxy groups -OCH3 is 2. The number of amides is 1. The maximum Gasteiger partial charge on any atom is 0.249 e. The third-order valence-corrected chi connectivity index (χ3v) is 4.33. The predicted molar refractivity (Wildman–Crippen MR) is 103 cm³/mol. The van der Waals surface area contributed by atoms with E-state index in [1.165, 1.54) is 18.9 Å². The summed E-state index contributed by atoms with van der Waals surface area (Å²) in [5.41, 5.74) is 1.89. The number of carbonyl (C=O) groups excluding carboxylic acids is 1. The first-order valence-corrected chi connectivity index (χ1v) is 8.61. The van der Waals surface area contributed by atoms with Gasteiger partial charge in [0.25, 0.3) is 0 Å². The van der Waals surface area contributed by atoms with E-state index in [4.69, 9.17) is 9.47 Å². The fourth-order valence-electron chi connectivity index (χ4n) is 2.91. The first kappa shape index (κ1) is 17.8. The molecule has 1 aliphatic rings. The molecule has 0 bridgehead atoms. The van der Waals surface area contributed by atoms with Crippen LogP contribution in [-0.2, 0) is 4.79 Å². The molecule has 0 saturated carbocycles. The molecule has 2 aromatic rings. The van der Waals surface area contributed by atoms with Gasteiger partial charge in [-0.1, -0.05) is 0 Å². The Morgan fingerprint density at radius 1 is 1.15 bits per heavy atom. The van der Waals surface area contributed by atoms with E-state index < -0.39 is 0 Å². The zero-order valence-electron chi connectivity index (χ0n) is 15.1. The average molecular weight is 353 g/mol. The maximum absolute atomic E-state index is 12.1. The molecule has 1 N–H and O–H groups in total. The summed E-state index contributed by atoms with van der Waals surface area (Å²) in [5, 5.41) is 2.77. The highest BCUT2D eigenvalue weighted by Crippen LogP contribution is 2.25. The fourth-order valence-corrected chi connectivity index (χ4v) is 2.91. The Morgan fingerprint density at radius 2 is 1.96 bits per heavy atom. The summed E-state index contributed by atoms with van der Waals surface area (Å²) in [5.74, 6) is 1.63. The molecule has 1 fully saturated rings. The highest BCUT2D eigenvalue weighted by Gasteiger charge is 2.12. The van der Waals surface area contributed by atoms with Crippen molar-refractivity contribution in [1.29, 1.82) is 0 Å². The molecule has 0 unspecified atom stereocenters. The van der Waals surface area contributed by atoms with Gasteiger partial charge in [-0.3, -0.25) is 4.79 Å². The van der Waals surface area contributed by atoms with Crippen molar-refractivity contribution in [2.75, 3.05) is 37.5 Å². The molecule has 1 aromatic heterocycles. The van der Waals surface area contributed by atoms with Crippen LogP contribution >= 0.6 is 0 Å². The van der Waals surface area contributed by atoms with Gasteiger partial charge in [-0.05, 0) is 43.2 Å². The number of aromatic nitrogens is 1. The van der Waals surface area contributed by atoms with Crippen LogP contribution in [0.25, 0.3) is 6.08 Å². The van der Waals surface area contributed by atoms with Crippen molar-refractivity contribution >= 4 is 23.5 Å². The van der Waals surface area contributed by atoms with Crippen LogP contribution in [-0.4, -0.2) is 38.2 Å². The molecule has 3 rings (SSSR count). The summed E-state index contributed by atoms with van der Waals surface area (Å²) in [7, 11) is 3.18. The zero-order valence-corrected chi connectivity index (χ0v) is 15.1. The lowest BCUT2D eigenvalue weighted by atomic mass is 10.1. The minimum absolute atomic E-state index is 0.246. The van der Waals surface area contributed by atoms with E-state index in [1.54, 1.807) is 32.6 Å². The van der Waals surface area contributed by atoms with Crippen LogP contribution in [0, 0.1) is 0 Å². The monoisotopic (exact) mass is 353 g/mol. The second kappa shape index (κ2) is 8.38. The molecule has 1 aromatic carbocycles. The largest absolute Gasteiger partial charge is 0.497 e. The summed E-state index contributed by atoms with van der Waals surface area (Å²) < 4.78 is 10.5. The van der Waals surface area contributed by atoms with Gasteiger partial charge in [-0.2, -0.15) is 0 Å². The Labute approximate surface area is 153 Å². The summed E-state index contributed by atoms with van der Waals surface area (Å²) in [6, 6.07) is 9.25. The van der Waals surface area contributed by atoms with Crippen molar-refractivity contribution in [3.05, 3.63) is 48.2 Å². The minimum atomic E-state index is -0.246. The molecular weight excluding hydrogens is 330 g/mol. The minimum Gasteiger partial charge on any atom is -0.497 e. The lowest BCUT2D eigenvalue weighted by Gasteiger charge is -2.17. The number of rotatable bonds is 6. The van der Waals surface area contributed by atoms with Gasteiger partial charge in [-0.15, -0.1) is 0 Å². The number of nitrogens with zero attached hydrogens (tertiary/aromatic N) is 2. The topological polar surface area (TPSA) is 63.7 Å². The second-order valence-electron chi connectivity index (χ2n) is 6.03. The van der Waals surface area contributed by atoms with E-state index in [0.29, 0.717) is 17.3 Å². The molecule has 1 saturated heterocycles. The lowest BCUT2D eigenvalue weighted by molar-refractivity contribution is -0.111. The first-order chi connectivity index (χ1) is 12.7. The van der Waals surface area contributed by atoms with Crippen LogP contribution in [0.2, 0.25) is 0 Å². The molecule has 0 spiro atoms. The molecule has 0 atom stereocenters. The van der Waals surface area contributed by atoms with Gasteiger partial charge in [0.1, 0.15) is 17.3 Å².